The molecule has 0 radical (unpaired) electrons. The first-order chi connectivity index (χ1) is 20.0. The topological polar surface area (TPSA) is 120 Å². The molecule has 2 aliphatic heterocycles. The highest BCUT2D eigenvalue weighted by Gasteiger charge is 2.33. The standard InChI is InChI=1S/C32H45N3O6/c36-23-24-14-16-25(17-15-24)29-21-28(22-35-18-7-2-1-3-8-19-35)40-32(41-29)26-10-9-11-27(20-26)33-30(37)12-5-4-6-13-31(38)34-39/h9-11,14-17,20,28-29,32,36,39H,1-8,12-13,18-19,21-23H2,(H,33,37)(H,34,38)/t28-,29+,32+/m0/s1. The highest BCUT2D eigenvalue weighted by Crippen LogP contribution is 2.38. The van der Waals surface area contributed by atoms with E-state index in [1.165, 1.54) is 32.1 Å². The molecule has 9 heteroatoms. The van der Waals surface area contributed by atoms with Gasteiger partial charge >= 0.3 is 0 Å². The molecule has 41 heavy (non-hydrogen) atoms. The molecule has 2 saturated heterocycles. The lowest BCUT2D eigenvalue weighted by atomic mass is 9.99. The summed E-state index contributed by atoms with van der Waals surface area (Å²) < 4.78 is 13.1. The molecule has 2 amide bonds. The van der Waals surface area contributed by atoms with Crippen LogP contribution >= 0.6 is 0 Å². The van der Waals surface area contributed by atoms with Gasteiger partial charge in [0.1, 0.15) is 0 Å². The van der Waals surface area contributed by atoms with Gasteiger partial charge in [-0.05, 0) is 62.0 Å². The van der Waals surface area contributed by atoms with Crippen molar-refractivity contribution in [2.24, 2.45) is 0 Å². The normalized spacial score (nSPS) is 22.0. The van der Waals surface area contributed by atoms with Crippen LogP contribution in [0.3, 0.4) is 0 Å². The fourth-order valence-electron chi connectivity index (χ4n) is 5.61. The molecule has 0 aromatic heterocycles. The summed E-state index contributed by atoms with van der Waals surface area (Å²) in [6, 6.07) is 15.6. The molecule has 0 saturated carbocycles. The first kappa shape index (κ1) is 31.1. The van der Waals surface area contributed by atoms with Crippen molar-refractivity contribution in [2.75, 3.05) is 25.0 Å². The van der Waals surface area contributed by atoms with E-state index in [0.717, 1.165) is 49.2 Å². The molecular weight excluding hydrogens is 522 g/mol. The van der Waals surface area contributed by atoms with Gasteiger partial charge in [-0.15, -0.1) is 0 Å². The smallest absolute Gasteiger partial charge is 0.243 e. The van der Waals surface area contributed by atoms with Crippen LogP contribution in [0.4, 0.5) is 5.69 Å². The number of carbonyl (C=O) groups excluding carboxylic acids is 2. The lowest BCUT2D eigenvalue weighted by Crippen LogP contribution is -2.40. The number of nitrogens with zero attached hydrogens (tertiary/aromatic N) is 1. The van der Waals surface area contributed by atoms with Gasteiger partial charge in [0.25, 0.3) is 0 Å². The number of likely N-dealkylation sites (tertiary alicyclic amines) is 1. The second-order valence-corrected chi connectivity index (χ2v) is 11.2. The summed E-state index contributed by atoms with van der Waals surface area (Å²) >= 11 is 0. The van der Waals surface area contributed by atoms with Gasteiger partial charge in [-0.25, -0.2) is 5.48 Å². The molecule has 9 nitrogen and oxygen atoms in total. The van der Waals surface area contributed by atoms with Gasteiger partial charge in [-0.2, -0.15) is 0 Å². The molecular formula is C32H45N3O6. The Morgan fingerprint density at radius 1 is 0.854 bits per heavy atom. The number of aliphatic hydroxyl groups is 1. The number of hydrogen-bond donors (Lipinski definition) is 4. The minimum absolute atomic E-state index is 0.00172. The Morgan fingerprint density at radius 3 is 2.27 bits per heavy atom. The van der Waals surface area contributed by atoms with Crippen LogP contribution in [0.25, 0.3) is 0 Å². The maximum Gasteiger partial charge on any atom is 0.243 e. The Kier molecular flexibility index (Phi) is 12.6. The van der Waals surface area contributed by atoms with E-state index in [0.29, 0.717) is 24.9 Å². The quantitative estimate of drug-likeness (QED) is 0.154. The van der Waals surface area contributed by atoms with Crippen LogP contribution < -0.4 is 10.8 Å². The third-order valence-electron chi connectivity index (χ3n) is 7.90. The highest BCUT2D eigenvalue weighted by atomic mass is 16.7. The van der Waals surface area contributed by atoms with Gasteiger partial charge in [0, 0.05) is 37.1 Å². The molecule has 2 heterocycles. The van der Waals surface area contributed by atoms with Crippen molar-refractivity contribution in [2.45, 2.75) is 95.7 Å². The number of amides is 2. The molecule has 224 valence electrons. The summed E-state index contributed by atoms with van der Waals surface area (Å²) in [4.78, 5) is 26.2. The van der Waals surface area contributed by atoms with E-state index >= 15 is 0 Å². The fourth-order valence-corrected chi connectivity index (χ4v) is 5.61. The van der Waals surface area contributed by atoms with Crippen LogP contribution in [-0.4, -0.2) is 52.8 Å². The van der Waals surface area contributed by atoms with Gasteiger partial charge in [-0.1, -0.05) is 62.1 Å². The van der Waals surface area contributed by atoms with Gasteiger partial charge in [-0.3, -0.25) is 14.8 Å². The molecule has 4 rings (SSSR count). The monoisotopic (exact) mass is 567 g/mol. The molecule has 3 atom stereocenters. The highest BCUT2D eigenvalue weighted by molar-refractivity contribution is 5.90. The summed E-state index contributed by atoms with van der Waals surface area (Å²) in [5.74, 6) is -0.497. The van der Waals surface area contributed by atoms with Crippen molar-refractivity contribution in [3.63, 3.8) is 0 Å². The van der Waals surface area contributed by atoms with Gasteiger partial charge < -0.3 is 24.8 Å². The molecule has 2 aliphatic rings. The first-order valence-electron chi connectivity index (χ1n) is 15.1. The van der Waals surface area contributed by atoms with E-state index in [-0.39, 0.29) is 31.1 Å². The van der Waals surface area contributed by atoms with Crippen LogP contribution in [-0.2, 0) is 25.7 Å². The zero-order valence-electron chi connectivity index (χ0n) is 23.9. The third-order valence-corrected chi connectivity index (χ3v) is 7.90. The third kappa shape index (κ3) is 10.2. The zero-order valence-corrected chi connectivity index (χ0v) is 23.9. The summed E-state index contributed by atoms with van der Waals surface area (Å²) in [5.41, 5.74) is 5.10. The fraction of sp³-hybridized carbons (Fsp3) is 0.562. The number of anilines is 1. The average Bonchev–Trinajstić information content (AvgIpc) is 2.98. The van der Waals surface area contributed by atoms with Crippen molar-refractivity contribution in [1.29, 1.82) is 0 Å². The van der Waals surface area contributed by atoms with Crippen molar-refractivity contribution in [3.05, 3.63) is 65.2 Å². The Balaban J connectivity index is 1.40. The zero-order chi connectivity index (χ0) is 28.9. The van der Waals surface area contributed by atoms with Crippen molar-refractivity contribution in [3.8, 4) is 0 Å². The number of nitrogens with one attached hydrogen (secondary N) is 2. The summed E-state index contributed by atoms with van der Waals surface area (Å²) in [7, 11) is 0. The van der Waals surface area contributed by atoms with Crippen LogP contribution in [0, 0.1) is 0 Å². The number of hydroxylamine groups is 1. The van der Waals surface area contributed by atoms with Gasteiger partial charge in [0.05, 0.1) is 18.8 Å². The second kappa shape index (κ2) is 16.6. The van der Waals surface area contributed by atoms with E-state index < -0.39 is 12.2 Å². The molecule has 0 unspecified atom stereocenters. The van der Waals surface area contributed by atoms with Gasteiger partial charge in [0.15, 0.2) is 6.29 Å². The summed E-state index contributed by atoms with van der Waals surface area (Å²) in [6.45, 7) is 3.06. The minimum Gasteiger partial charge on any atom is -0.392 e. The van der Waals surface area contributed by atoms with E-state index in [1.54, 1.807) is 5.48 Å². The van der Waals surface area contributed by atoms with Crippen molar-refractivity contribution >= 4 is 17.5 Å². The van der Waals surface area contributed by atoms with E-state index in [9.17, 15) is 14.7 Å². The van der Waals surface area contributed by atoms with E-state index in [4.69, 9.17) is 14.7 Å². The number of hydrogen-bond acceptors (Lipinski definition) is 7. The predicted octanol–water partition coefficient (Wildman–Crippen LogP) is 5.38. The van der Waals surface area contributed by atoms with Crippen LogP contribution in [0.1, 0.15) is 99.7 Å². The number of aliphatic hydroxyl groups excluding tert-OH is 1. The molecule has 2 fully saturated rings. The van der Waals surface area contributed by atoms with Crippen molar-refractivity contribution in [1.82, 2.24) is 10.4 Å². The van der Waals surface area contributed by atoms with Crippen molar-refractivity contribution < 1.29 is 29.4 Å². The van der Waals surface area contributed by atoms with Crippen LogP contribution in [0.5, 0.6) is 0 Å². The Hall–Kier alpha value is -2.82. The lowest BCUT2D eigenvalue weighted by Gasteiger charge is -2.39. The molecule has 0 aliphatic carbocycles. The Morgan fingerprint density at radius 2 is 1.56 bits per heavy atom. The number of benzene rings is 2. The molecule has 0 spiro atoms. The SMILES string of the molecule is O=C(CCCCCC(=O)Nc1cccc([C@@H]2O[C@H](CN3CCCCCCC3)C[C@H](c3ccc(CO)cc3)O2)c1)NO. The number of unbranched alkanes of at least 4 members (excludes halogenated alkanes) is 2. The molecule has 0 bridgehead atoms. The lowest BCUT2D eigenvalue weighted by molar-refractivity contribution is -0.253. The average molecular weight is 568 g/mol. The molecule has 2 aromatic carbocycles. The largest absolute Gasteiger partial charge is 0.392 e. The Labute approximate surface area is 243 Å². The number of rotatable bonds is 12. The first-order valence-corrected chi connectivity index (χ1v) is 15.1. The number of carbonyl (C=O) groups is 2. The molecule has 2 aromatic rings. The summed E-state index contributed by atoms with van der Waals surface area (Å²) in [5, 5.41) is 21.0. The minimum atomic E-state index is -0.569. The van der Waals surface area contributed by atoms with Gasteiger partial charge in [0.2, 0.25) is 11.8 Å². The van der Waals surface area contributed by atoms with Crippen LogP contribution in [0.15, 0.2) is 48.5 Å². The molecule has 4 N–H and O–H groups in total. The maximum absolute atomic E-state index is 12.6. The number of ether oxygens (including phenoxy) is 2. The predicted molar refractivity (Wildman–Crippen MR) is 156 cm³/mol. The second-order valence-electron chi connectivity index (χ2n) is 11.2. The maximum atomic E-state index is 12.6. The van der Waals surface area contributed by atoms with E-state index in [1.807, 2.05) is 48.5 Å². The Bertz CT molecular complexity index is 1090. The summed E-state index contributed by atoms with van der Waals surface area (Å²) in [6.07, 6.45) is 8.98. The van der Waals surface area contributed by atoms with E-state index in [2.05, 4.69) is 10.2 Å². The van der Waals surface area contributed by atoms with Crippen LogP contribution in [0.2, 0.25) is 0 Å².